The van der Waals surface area contributed by atoms with Gasteiger partial charge >= 0.3 is 0 Å². The number of nitrogens with zero attached hydrogens (tertiary/aromatic N) is 2. The molecule has 0 aromatic heterocycles. The minimum atomic E-state index is -0.259. The first-order chi connectivity index (χ1) is 8.04. The summed E-state index contributed by atoms with van der Waals surface area (Å²) in [5.41, 5.74) is 1.88. The predicted molar refractivity (Wildman–Crippen MR) is 68.5 cm³/mol. The second-order valence-corrected chi connectivity index (χ2v) is 4.53. The van der Waals surface area contributed by atoms with Crippen molar-refractivity contribution in [1.29, 1.82) is 5.26 Å². The maximum absolute atomic E-state index is 9.26. The van der Waals surface area contributed by atoms with Gasteiger partial charge in [-0.3, -0.25) is 4.90 Å². The van der Waals surface area contributed by atoms with Crippen LogP contribution in [0.5, 0.6) is 0 Å². The number of hydrogen-bond acceptors (Lipinski definition) is 3. The third-order valence-corrected chi connectivity index (χ3v) is 3.08. The highest BCUT2D eigenvalue weighted by atomic mass is 16.3. The lowest BCUT2D eigenvalue weighted by atomic mass is 10.1. The van der Waals surface area contributed by atoms with Crippen LogP contribution in [0.15, 0.2) is 24.3 Å². The van der Waals surface area contributed by atoms with E-state index < -0.39 is 0 Å². The molecule has 0 aliphatic rings. The molecular formula is C14H20N2O. The van der Waals surface area contributed by atoms with Gasteiger partial charge in [0.15, 0.2) is 0 Å². The summed E-state index contributed by atoms with van der Waals surface area (Å²) >= 11 is 0. The Kier molecular flexibility index (Phi) is 5.14. The van der Waals surface area contributed by atoms with Gasteiger partial charge in [-0.25, -0.2) is 0 Å². The molecule has 0 amide bonds. The highest BCUT2D eigenvalue weighted by molar-refractivity contribution is 5.32. The molecule has 0 heterocycles. The Labute approximate surface area is 103 Å². The molecule has 3 heteroatoms. The fraction of sp³-hybridized carbons (Fsp3) is 0.500. The molecule has 0 spiro atoms. The van der Waals surface area contributed by atoms with Crippen LogP contribution in [0.4, 0.5) is 0 Å². The zero-order valence-electron chi connectivity index (χ0n) is 10.7. The lowest BCUT2D eigenvalue weighted by Gasteiger charge is -2.25. The van der Waals surface area contributed by atoms with Crippen molar-refractivity contribution >= 4 is 0 Å². The van der Waals surface area contributed by atoms with Crippen LogP contribution >= 0.6 is 0 Å². The second-order valence-electron chi connectivity index (χ2n) is 4.53. The first kappa shape index (κ1) is 13.7. The zero-order valence-corrected chi connectivity index (χ0v) is 10.7. The van der Waals surface area contributed by atoms with Gasteiger partial charge in [0.1, 0.15) is 0 Å². The van der Waals surface area contributed by atoms with Crippen molar-refractivity contribution in [2.24, 2.45) is 0 Å². The highest BCUT2D eigenvalue weighted by Gasteiger charge is 2.11. The van der Waals surface area contributed by atoms with Crippen LogP contribution in [0.25, 0.3) is 0 Å². The highest BCUT2D eigenvalue weighted by Crippen LogP contribution is 2.19. The fourth-order valence-corrected chi connectivity index (χ4v) is 1.67. The number of nitriles is 1. The van der Waals surface area contributed by atoms with E-state index in [1.165, 1.54) is 5.56 Å². The monoisotopic (exact) mass is 232 g/mol. The zero-order chi connectivity index (χ0) is 12.8. The lowest BCUT2D eigenvalue weighted by molar-refractivity contribution is 0.153. The van der Waals surface area contributed by atoms with Gasteiger partial charge in [-0.15, -0.1) is 0 Å². The lowest BCUT2D eigenvalue weighted by Crippen LogP contribution is -2.25. The Morgan fingerprint density at radius 1 is 1.29 bits per heavy atom. The van der Waals surface area contributed by atoms with E-state index in [1.54, 1.807) is 6.92 Å². The SMILES string of the molecule is CC(O)CCN(C)C(C)c1ccc(C#N)cc1. The van der Waals surface area contributed by atoms with E-state index in [1.807, 2.05) is 31.3 Å². The summed E-state index contributed by atoms with van der Waals surface area (Å²) in [7, 11) is 2.05. The van der Waals surface area contributed by atoms with Crippen molar-refractivity contribution in [3.63, 3.8) is 0 Å². The standard InChI is InChI=1S/C14H20N2O/c1-11(17)8-9-16(3)12(2)14-6-4-13(10-15)5-7-14/h4-7,11-12,17H,8-9H2,1-3H3. The van der Waals surface area contributed by atoms with Crippen molar-refractivity contribution in [3.8, 4) is 6.07 Å². The summed E-state index contributed by atoms with van der Waals surface area (Å²) in [6.45, 7) is 4.79. The summed E-state index contributed by atoms with van der Waals surface area (Å²) in [6, 6.07) is 10.1. The average molecular weight is 232 g/mol. The molecule has 0 bridgehead atoms. The first-order valence-electron chi connectivity index (χ1n) is 5.93. The molecule has 0 saturated heterocycles. The summed E-state index contributed by atoms with van der Waals surface area (Å²) in [5.74, 6) is 0. The van der Waals surface area contributed by atoms with E-state index in [9.17, 15) is 5.11 Å². The summed E-state index contributed by atoms with van der Waals surface area (Å²) in [6.07, 6.45) is 0.516. The fourth-order valence-electron chi connectivity index (χ4n) is 1.67. The van der Waals surface area contributed by atoms with E-state index >= 15 is 0 Å². The van der Waals surface area contributed by atoms with Gasteiger partial charge < -0.3 is 5.11 Å². The van der Waals surface area contributed by atoms with Crippen LogP contribution in [0.3, 0.4) is 0 Å². The Hall–Kier alpha value is -1.37. The van der Waals surface area contributed by atoms with Gasteiger partial charge in [0, 0.05) is 12.6 Å². The Morgan fingerprint density at radius 2 is 1.88 bits per heavy atom. The van der Waals surface area contributed by atoms with Crippen LogP contribution in [-0.2, 0) is 0 Å². The normalized spacial score (nSPS) is 14.4. The topological polar surface area (TPSA) is 47.3 Å². The molecule has 0 aliphatic heterocycles. The number of benzene rings is 1. The van der Waals surface area contributed by atoms with Crippen molar-refractivity contribution < 1.29 is 5.11 Å². The minimum absolute atomic E-state index is 0.259. The van der Waals surface area contributed by atoms with Crippen molar-refractivity contribution in [2.75, 3.05) is 13.6 Å². The maximum atomic E-state index is 9.26. The van der Waals surface area contributed by atoms with Crippen LogP contribution in [-0.4, -0.2) is 29.7 Å². The Balaban J connectivity index is 2.61. The predicted octanol–water partition coefficient (Wildman–Crippen LogP) is 2.32. The number of rotatable bonds is 5. The molecule has 1 aromatic rings. The van der Waals surface area contributed by atoms with Crippen LogP contribution in [0.1, 0.15) is 37.4 Å². The minimum Gasteiger partial charge on any atom is -0.393 e. The molecule has 2 unspecified atom stereocenters. The van der Waals surface area contributed by atoms with Crippen LogP contribution in [0.2, 0.25) is 0 Å². The smallest absolute Gasteiger partial charge is 0.0991 e. The molecule has 92 valence electrons. The van der Waals surface area contributed by atoms with Crippen molar-refractivity contribution in [2.45, 2.75) is 32.4 Å². The average Bonchev–Trinajstić information content (AvgIpc) is 2.35. The maximum Gasteiger partial charge on any atom is 0.0991 e. The van der Waals surface area contributed by atoms with Gasteiger partial charge in [0.05, 0.1) is 17.7 Å². The van der Waals surface area contributed by atoms with Gasteiger partial charge in [-0.2, -0.15) is 5.26 Å². The van der Waals surface area contributed by atoms with Crippen molar-refractivity contribution in [3.05, 3.63) is 35.4 Å². The summed E-state index contributed by atoms with van der Waals surface area (Å²) in [5, 5.41) is 18.0. The van der Waals surface area contributed by atoms with Gasteiger partial charge in [-0.05, 0) is 45.0 Å². The van der Waals surface area contributed by atoms with Crippen LogP contribution < -0.4 is 0 Å². The molecule has 2 atom stereocenters. The largest absolute Gasteiger partial charge is 0.393 e. The molecule has 0 radical (unpaired) electrons. The Bertz CT molecular complexity index is 378. The van der Waals surface area contributed by atoms with Gasteiger partial charge in [0.25, 0.3) is 0 Å². The number of aliphatic hydroxyl groups excluding tert-OH is 1. The first-order valence-corrected chi connectivity index (χ1v) is 5.93. The number of aliphatic hydroxyl groups is 1. The van der Waals surface area contributed by atoms with Gasteiger partial charge in [0.2, 0.25) is 0 Å². The molecule has 0 saturated carbocycles. The van der Waals surface area contributed by atoms with E-state index in [-0.39, 0.29) is 6.10 Å². The second kappa shape index (κ2) is 6.39. The molecule has 1 aromatic carbocycles. The summed E-state index contributed by atoms with van der Waals surface area (Å²) in [4.78, 5) is 2.20. The molecule has 3 nitrogen and oxygen atoms in total. The summed E-state index contributed by atoms with van der Waals surface area (Å²) < 4.78 is 0. The molecule has 1 rings (SSSR count). The number of hydrogen-bond donors (Lipinski definition) is 1. The quantitative estimate of drug-likeness (QED) is 0.847. The van der Waals surface area contributed by atoms with Crippen molar-refractivity contribution in [1.82, 2.24) is 4.90 Å². The Morgan fingerprint density at radius 3 is 2.35 bits per heavy atom. The van der Waals surface area contributed by atoms with E-state index in [0.29, 0.717) is 11.6 Å². The third-order valence-electron chi connectivity index (χ3n) is 3.08. The van der Waals surface area contributed by atoms with Crippen LogP contribution in [0, 0.1) is 11.3 Å². The molecule has 1 N–H and O–H groups in total. The molecular weight excluding hydrogens is 212 g/mol. The molecule has 0 fully saturated rings. The molecule has 0 aliphatic carbocycles. The van der Waals surface area contributed by atoms with Gasteiger partial charge in [-0.1, -0.05) is 12.1 Å². The van der Waals surface area contributed by atoms with E-state index in [2.05, 4.69) is 17.9 Å². The van der Waals surface area contributed by atoms with E-state index in [4.69, 9.17) is 5.26 Å². The third kappa shape index (κ3) is 4.18. The molecule has 17 heavy (non-hydrogen) atoms. The van der Waals surface area contributed by atoms with E-state index in [0.717, 1.165) is 13.0 Å².